The molecule has 17 heavy (non-hydrogen) atoms. The molecule has 2 N–H and O–H groups in total. The predicted octanol–water partition coefficient (Wildman–Crippen LogP) is 1.57. The lowest BCUT2D eigenvalue weighted by molar-refractivity contribution is -0.385. The highest BCUT2D eigenvalue weighted by molar-refractivity contribution is 6.33. The Morgan fingerprint density at radius 2 is 2.47 bits per heavy atom. The third kappa shape index (κ3) is 2.32. The molecule has 0 amide bonds. The van der Waals surface area contributed by atoms with Crippen LogP contribution in [0, 0.1) is 10.1 Å². The lowest BCUT2D eigenvalue weighted by Crippen LogP contribution is -2.36. The van der Waals surface area contributed by atoms with Crippen LogP contribution >= 0.6 is 11.6 Å². The zero-order chi connectivity index (χ0) is 12.4. The maximum atomic E-state index is 10.6. The third-order valence-corrected chi connectivity index (χ3v) is 3.22. The van der Waals surface area contributed by atoms with Crippen LogP contribution in [0.5, 0.6) is 0 Å². The summed E-state index contributed by atoms with van der Waals surface area (Å²) in [7, 11) is 0. The molecule has 7 heteroatoms. The molecule has 1 aliphatic rings. The number of hydrogen-bond acceptors (Lipinski definition) is 5. The van der Waals surface area contributed by atoms with Gasteiger partial charge in [-0.3, -0.25) is 10.1 Å². The molecule has 1 fully saturated rings. The van der Waals surface area contributed by atoms with Gasteiger partial charge in [0.05, 0.1) is 9.95 Å². The quantitative estimate of drug-likeness (QED) is 0.655. The van der Waals surface area contributed by atoms with Gasteiger partial charge in [0.2, 0.25) is 0 Å². The van der Waals surface area contributed by atoms with Crippen LogP contribution in [-0.4, -0.2) is 29.0 Å². The van der Waals surface area contributed by atoms with Crippen LogP contribution in [0.25, 0.3) is 0 Å². The standard InChI is InChI=1S/C10H13ClN4O2/c11-9-4-8(15(16)17)6-13-10(9)14-3-1-2-7(14)5-12/h4,6-7H,1-3,5,12H2. The van der Waals surface area contributed by atoms with E-state index in [1.165, 1.54) is 12.3 Å². The van der Waals surface area contributed by atoms with Crippen molar-refractivity contribution in [2.45, 2.75) is 18.9 Å². The van der Waals surface area contributed by atoms with E-state index in [1.54, 1.807) is 0 Å². The number of rotatable bonds is 3. The minimum absolute atomic E-state index is 0.0951. The van der Waals surface area contributed by atoms with Crippen LogP contribution in [0.15, 0.2) is 12.3 Å². The highest BCUT2D eigenvalue weighted by atomic mass is 35.5. The average molecular weight is 257 g/mol. The summed E-state index contributed by atoms with van der Waals surface area (Å²) >= 11 is 6.03. The first-order chi connectivity index (χ1) is 8.13. The van der Waals surface area contributed by atoms with Crippen molar-refractivity contribution in [3.8, 4) is 0 Å². The van der Waals surface area contributed by atoms with E-state index < -0.39 is 4.92 Å². The number of nitrogens with two attached hydrogens (primary N) is 1. The molecule has 2 heterocycles. The van der Waals surface area contributed by atoms with Gasteiger partial charge in [-0.15, -0.1) is 0 Å². The van der Waals surface area contributed by atoms with Crippen molar-refractivity contribution in [2.75, 3.05) is 18.0 Å². The Hall–Kier alpha value is -1.40. The van der Waals surface area contributed by atoms with Gasteiger partial charge in [0.15, 0.2) is 0 Å². The van der Waals surface area contributed by atoms with Crippen molar-refractivity contribution in [1.29, 1.82) is 0 Å². The Morgan fingerprint density at radius 1 is 1.71 bits per heavy atom. The zero-order valence-electron chi connectivity index (χ0n) is 9.17. The summed E-state index contributed by atoms with van der Waals surface area (Å²) in [5.74, 6) is 0.588. The first-order valence-electron chi connectivity index (χ1n) is 5.40. The second-order valence-corrected chi connectivity index (χ2v) is 4.39. The molecule has 1 unspecified atom stereocenters. The normalized spacial score (nSPS) is 19.6. The van der Waals surface area contributed by atoms with Gasteiger partial charge in [0.25, 0.3) is 5.69 Å². The van der Waals surface area contributed by atoms with Crippen LogP contribution < -0.4 is 10.6 Å². The Kier molecular flexibility index (Phi) is 3.44. The molecule has 0 bridgehead atoms. The van der Waals surface area contributed by atoms with Crippen molar-refractivity contribution >= 4 is 23.1 Å². The molecule has 0 spiro atoms. The number of pyridine rings is 1. The van der Waals surface area contributed by atoms with Gasteiger partial charge in [-0.2, -0.15) is 0 Å². The Bertz CT molecular complexity index is 440. The van der Waals surface area contributed by atoms with E-state index in [4.69, 9.17) is 17.3 Å². The van der Waals surface area contributed by atoms with Gasteiger partial charge in [-0.05, 0) is 12.8 Å². The summed E-state index contributed by atoms with van der Waals surface area (Å²) < 4.78 is 0. The fourth-order valence-corrected chi connectivity index (χ4v) is 2.36. The highest BCUT2D eigenvalue weighted by Gasteiger charge is 2.26. The van der Waals surface area contributed by atoms with E-state index in [0.29, 0.717) is 17.4 Å². The molecule has 1 saturated heterocycles. The van der Waals surface area contributed by atoms with E-state index >= 15 is 0 Å². The summed E-state index contributed by atoms with van der Waals surface area (Å²) in [6, 6.07) is 1.55. The first-order valence-corrected chi connectivity index (χ1v) is 5.78. The molecular formula is C10H13ClN4O2. The third-order valence-electron chi connectivity index (χ3n) is 2.94. The van der Waals surface area contributed by atoms with Crippen LogP contribution in [0.2, 0.25) is 5.02 Å². The maximum Gasteiger partial charge on any atom is 0.289 e. The molecule has 1 aliphatic heterocycles. The van der Waals surface area contributed by atoms with Gasteiger partial charge >= 0.3 is 0 Å². The summed E-state index contributed by atoms with van der Waals surface area (Å²) in [6.07, 6.45) is 3.27. The summed E-state index contributed by atoms with van der Waals surface area (Å²) in [5.41, 5.74) is 5.57. The van der Waals surface area contributed by atoms with Gasteiger partial charge in [0.1, 0.15) is 12.0 Å². The smallest absolute Gasteiger partial charge is 0.289 e. The summed E-state index contributed by atoms with van der Waals surface area (Å²) in [6.45, 7) is 1.38. The van der Waals surface area contributed by atoms with E-state index in [2.05, 4.69) is 4.98 Å². The zero-order valence-corrected chi connectivity index (χ0v) is 9.93. The predicted molar refractivity (Wildman–Crippen MR) is 65.3 cm³/mol. The first kappa shape index (κ1) is 12.1. The fraction of sp³-hybridized carbons (Fsp3) is 0.500. The molecule has 0 radical (unpaired) electrons. The number of aromatic nitrogens is 1. The molecule has 6 nitrogen and oxygen atoms in total. The Balaban J connectivity index is 2.30. The lowest BCUT2D eigenvalue weighted by atomic mass is 10.2. The topological polar surface area (TPSA) is 85.3 Å². The second-order valence-electron chi connectivity index (χ2n) is 3.98. The molecule has 0 aliphatic carbocycles. The molecule has 0 saturated carbocycles. The van der Waals surface area contributed by atoms with Gasteiger partial charge in [-0.1, -0.05) is 11.6 Å². The average Bonchev–Trinajstić information content (AvgIpc) is 2.76. The number of anilines is 1. The Labute approximate surface area is 104 Å². The van der Waals surface area contributed by atoms with E-state index in [1.807, 2.05) is 4.90 Å². The van der Waals surface area contributed by atoms with Gasteiger partial charge < -0.3 is 10.6 Å². The van der Waals surface area contributed by atoms with Gasteiger partial charge in [0, 0.05) is 25.2 Å². The molecule has 2 rings (SSSR count). The van der Waals surface area contributed by atoms with Crippen LogP contribution in [0.4, 0.5) is 11.5 Å². The van der Waals surface area contributed by atoms with Crippen molar-refractivity contribution in [3.63, 3.8) is 0 Å². The second kappa shape index (κ2) is 4.85. The maximum absolute atomic E-state index is 10.6. The molecular weight excluding hydrogens is 244 g/mol. The number of nitro groups is 1. The molecule has 1 aromatic rings. The van der Waals surface area contributed by atoms with Crippen LogP contribution in [0.1, 0.15) is 12.8 Å². The van der Waals surface area contributed by atoms with Crippen LogP contribution in [0.3, 0.4) is 0 Å². The largest absolute Gasteiger partial charge is 0.351 e. The monoisotopic (exact) mass is 256 g/mol. The van der Waals surface area contributed by atoms with Crippen molar-refractivity contribution in [2.24, 2.45) is 5.73 Å². The fourth-order valence-electron chi connectivity index (χ4n) is 2.09. The highest BCUT2D eigenvalue weighted by Crippen LogP contribution is 2.31. The van der Waals surface area contributed by atoms with Crippen molar-refractivity contribution in [3.05, 3.63) is 27.4 Å². The van der Waals surface area contributed by atoms with E-state index in [0.717, 1.165) is 19.4 Å². The lowest BCUT2D eigenvalue weighted by Gasteiger charge is -2.25. The van der Waals surface area contributed by atoms with E-state index in [-0.39, 0.29) is 11.7 Å². The number of hydrogen-bond donors (Lipinski definition) is 1. The van der Waals surface area contributed by atoms with Crippen LogP contribution in [-0.2, 0) is 0 Å². The minimum Gasteiger partial charge on any atom is -0.351 e. The van der Waals surface area contributed by atoms with Crippen molar-refractivity contribution in [1.82, 2.24) is 4.98 Å². The van der Waals surface area contributed by atoms with Gasteiger partial charge in [-0.25, -0.2) is 4.98 Å². The summed E-state index contributed by atoms with van der Waals surface area (Å²) in [4.78, 5) is 16.2. The molecule has 92 valence electrons. The van der Waals surface area contributed by atoms with E-state index in [9.17, 15) is 10.1 Å². The summed E-state index contributed by atoms with van der Waals surface area (Å²) in [5, 5.41) is 10.9. The molecule has 0 aromatic carbocycles. The number of nitrogens with zero attached hydrogens (tertiary/aromatic N) is 3. The minimum atomic E-state index is -0.507. The Morgan fingerprint density at radius 3 is 3.06 bits per heavy atom. The van der Waals surface area contributed by atoms with Crippen molar-refractivity contribution < 1.29 is 4.92 Å². The number of halogens is 1. The molecule has 1 atom stereocenters. The molecule has 1 aromatic heterocycles. The SMILES string of the molecule is NCC1CCCN1c1ncc([N+](=O)[O-])cc1Cl.